The molecule has 0 bridgehead atoms. The third kappa shape index (κ3) is 2.38. The number of carbonyl (C=O) groups is 1. The SMILES string of the molecule is CSC1=CCC(C(C)=O)=CC=C1. The molecule has 1 rings (SSSR count). The molecule has 0 aliphatic heterocycles. The van der Waals surface area contributed by atoms with Crippen LogP contribution in [0.3, 0.4) is 0 Å². The predicted molar refractivity (Wildman–Crippen MR) is 54.1 cm³/mol. The Balaban J connectivity index is 2.77. The molecule has 0 unspecified atom stereocenters. The zero-order valence-corrected chi connectivity index (χ0v) is 8.15. The summed E-state index contributed by atoms with van der Waals surface area (Å²) in [5, 5.41) is 0. The van der Waals surface area contributed by atoms with E-state index in [4.69, 9.17) is 0 Å². The van der Waals surface area contributed by atoms with Crippen molar-refractivity contribution in [2.45, 2.75) is 13.3 Å². The number of Topliss-reactive ketones (excluding diaryl/α,β-unsaturated/α-hetero) is 1. The molecule has 1 aliphatic rings. The number of ketones is 1. The maximum atomic E-state index is 11.0. The van der Waals surface area contributed by atoms with E-state index in [9.17, 15) is 4.79 Å². The van der Waals surface area contributed by atoms with Crippen molar-refractivity contribution in [3.8, 4) is 0 Å². The van der Waals surface area contributed by atoms with Crippen molar-refractivity contribution in [1.82, 2.24) is 0 Å². The summed E-state index contributed by atoms with van der Waals surface area (Å²) in [5.41, 5.74) is 0.885. The van der Waals surface area contributed by atoms with Crippen molar-refractivity contribution in [3.63, 3.8) is 0 Å². The van der Waals surface area contributed by atoms with Crippen molar-refractivity contribution < 1.29 is 4.79 Å². The van der Waals surface area contributed by atoms with Gasteiger partial charge in [0.2, 0.25) is 0 Å². The Morgan fingerprint density at radius 1 is 1.58 bits per heavy atom. The molecule has 0 saturated heterocycles. The second-order valence-corrected chi connectivity index (χ2v) is 3.50. The van der Waals surface area contributed by atoms with Crippen LogP contribution in [0.25, 0.3) is 0 Å². The molecule has 0 atom stereocenters. The van der Waals surface area contributed by atoms with Crippen LogP contribution in [0.2, 0.25) is 0 Å². The van der Waals surface area contributed by atoms with Crippen LogP contribution in [-0.2, 0) is 4.79 Å². The Hall–Kier alpha value is -0.760. The lowest BCUT2D eigenvalue weighted by atomic mass is 10.1. The van der Waals surface area contributed by atoms with Gasteiger partial charge in [-0.15, -0.1) is 11.8 Å². The van der Waals surface area contributed by atoms with E-state index < -0.39 is 0 Å². The zero-order valence-electron chi connectivity index (χ0n) is 7.33. The topological polar surface area (TPSA) is 17.1 Å². The molecule has 0 aromatic rings. The summed E-state index contributed by atoms with van der Waals surface area (Å²) in [4.78, 5) is 12.2. The molecule has 0 N–H and O–H groups in total. The van der Waals surface area contributed by atoms with Gasteiger partial charge in [-0.05, 0) is 31.2 Å². The highest BCUT2D eigenvalue weighted by atomic mass is 32.2. The number of allylic oxidation sites excluding steroid dienone is 5. The maximum absolute atomic E-state index is 11.0. The van der Waals surface area contributed by atoms with Gasteiger partial charge < -0.3 is 0 Å². The largest absolute Gasteiger partial charge is 0.295 e. The molecule has 0 aromatic heterocycles. The van der Waals surface area contributed by atoms with Gasteiger partial charge in [0.25, 0.3) is 0 Å². The average molecular weight is 180 g/mol. The molecule has 0 heterocycles. The summed E-state index contributed by atoms with van der Waals surface area (Å²) in [6.07, 6.45) is 10.7. The fraction of sp³-hybridized carbons (Fsp3) is 0.300. The minimum atomic E-state index is 0.165. The van der Waals surface area contributed by atoms with Crippen molar-refractivity contribution >= 4 is 17.5 Å². The smallest absolute Gasteiger partial charge is 0.156 e. The van der Waals surface area contributed by atoms with Crippen LogP contribution in [-0.4, -0.2) is 12.0 Å². The predicted octanol–water partition coefficient (Wildman–Crippen LogP) is 2.71. The molecular formula is C10H12OS. The van der Waals surface area contributed by atoms with Gasteiger partial charge >= 0.3 is 0 Å². The summed E-state index contributed by atoms with van der Waals surface area (Å²) < 4.78 is 0. The number of thioether (sulfide) groups is 1. The lowest BCUT2D eigenvalue weighted by Crippen LogP contribution is -1.93. The van der Waals surface area contributed by atoms with E-state index in [1.54, 1.807) is 18.7 Å². The molecule has 0 fully saturated rings. The van der Waals surface area contributed by atoms with E-state index in [1.165, 1.54) is 4.91 Å². The summed E-state index contributed by atoms with van der Waals surface area (Å²) in [7, 11) is 0. The normalized spacial score (nSPS) is 16.5. The van der Waals surface area contributed by atoms with Gasteiger partial charge in [-0.2, -0.15) is 0 Å². The monoisotopic (exact) mass is 180 g/mol. The first-order valence-corrected chi connectivity index (χ1v) is 5.09. The Kier molecular flexibility index (Phi) is 3.35. The van der Waals surface area contributed by atoms with Crippen molar-refractivity contribution in [3.05, 3.63) is 34.8 Å². The molecular weight excluding hydrogens is 168 g/mol. The first-order valence-electron chi connectivity index (χ1n) is 3.86. The van der Waals surface area contributed by atoms with Crippen LogP contribution in [0.1, 0.15) is 13.3 Å². The van der Waals surface area contributed by atoms with Gasteiger partial charge in [0.05, 0.1) is 0 Å². The summed E-state index contributed by atoms with van der Waals surface area (Å²) in [6.45, 7) is 1.61. The Morgan fingerprint density at radius 2 is 2.33 bits per heavy atom. The first kappa shape index (κ1) is 9.33. The van der Waals surface area contributed by atoms with Gasteiger partial charge in [0, 0.05) is 4.91 Å². The van der Waals surface area contributed by atoms with E-state index in [0.29, 0.717) is 0 Å². The molecule has 0 radical (unpaired) electrons. The lowest BCUT2D eigenvalue weighted by molar-refractivity contribution is -0.113. The van der Waals surface area contributed by atoms with Crippen LogP contribution in [0.4, 0.5) is 0 Å². The molecule has 0 aromatic carbocycles. The maximum Gasteiger partial charge on any atom is 0.156 e. The molecule has 0 spiro atoms. The third-order valence-corrected chi connectivity index (χ3v) is 2.54. The van der Waals surface area contributed by atoms with E-state index in [0.717, 1.165) is 12.0 Å². The van der Waals surface area contributed by atoms with E-state index >= 15 is 0 Å². The highest BCUT2D eigenvalue weighted by Gasteiger charge is 2.03. The fourth-order valence-electron chi connectivity index (χ4n) is 1.02. The fourth-order valence-corrected chi connectivity index (χ4v) is 1.48. The second kappa shape index (κ2) is 4.31. The van der Waals surface area contributed by atoms with Crippen molar-refractivity contribution in [2.75, 3.05) is 6.26 Å². The lowest BCUT2D eigenvalue weighted by Gasteiger charge is -1.96. The third-order valence-electron chi connectivity index (χ3n) is 1.77. The summed E-state index contributed by atoms with van der Waals surface area (Å²) in [5.74, 6) is 0.165. The van der Waals surface area contributed by atoms with Crippen LogP contribution in [0.15, 0.2) is 34.8 Å². The number of rotatable bonds is 2. The van der Waals surface area contributed by atoms with Gasteiger partial charge in [0.1, 0.15) is 0 Å². The van der Waals surface area contributed by atoms with Crippen LogP contribution < -0.4 is 0 Å². The van der Waals surface area contributed by atoms with Crippen LogP contribution >= 0.6 is 11.8 Å². The minimum Gasteiger partial charge on any atom is -0.295 e. The molecule has 12 heavy (non-hydrogen) atoms. The van der Waals surface area contributed by atoms with Gasteiger partial charge in [0.15, 0.2) is 5.78 Å². The van der Waals surface area contributed by atoms with E-state index in [1.807, 2.05) is 24.5 Å². The van der Waals surface area contributed by atoms with Crippen molar-refractivity contribution in [2.24, 2.45) is 0 Å². The van der Waals surface area contributed by atoms with Crippen LogP contribution in [0.5, 0.6) is 0 Å². The Bertz CT molecular complexity index is 272. The molecule has 1 aliphatic carbocycles. The second-order valence-electron chi connectivity index (χ2n) is 2.62. The molecule has 0 saturated carbocycles. The quantitative estimate of drug-likeness (QED) is 0.650. The van der Waals surface area contributed by atoms with Gasteiger partial charge in [-0.25, -0.2) is 0 Å². The number of hydrogen-bond acceptors (Lipinski definition) is 2. The molecule has 1 nitrogen and oxygen atoms in total. The highest BCUT2D eigenvalue weighted by molar-refractivity contribution is 8.02. The number of hydrogen-bond donors (Lipinski definition) is 0. The zero-order chi connectivity index (χ0) is 8.97. The van der Waals surface area contributed by atoms with Crippen LogP contribution in [0, 0.1) is 0 Å². The summed E-state index contributed by atoms with van der Waals surface area (Å²) in [6, 6.07) is 0. The standard InChI is InChI=1S/C10H12OS/c1-8(11)9-4-3-5-10(12-2)7-6-9/h3-5,7H,6H2,1-2H3. The number of carbonyl (C=O) groups excluding carboxylic acids is 1. The Labute approximate surface area is 77.2 Å². The molecule has 2 heteroatoms. The van der Waals surface area contributed by atoms with E-state index in [2.05, 4.69) is 6.08 Å². The van der Waals surface area contributed by atoms with E-state index in [-0.39, 0.29) is 5.78 Å². The van der Waals surface area contributed by atoms with Gasteiger partial charge in [-0.1, -0.05) is 18.2 Å². The van der Waals surface area contributed by atoms with Crippen molar-refractivity contribution in [1.29, 1.82) is 0 Å². The average Bonchev–Trinajstić information content (AvgIpc) is 2.28. The molecule has 0 amide bonds. The minimum absolute atomic E-state index is 0.165. The highest BCUT2D eigenvalue weighted by Crippen LogP contribution is 2.19. The first-order chi connectivity index (χ1) is 5.74. The summed E-state index contributed by atoms with van der Waals surface area (Å²) >= 11 is 1.70. The Morgan fingerprint density at radius 3 is 2.92 bits per heavy atom. The van der Waals surface area contributed by atoms with Gasteiger partial charge in [-0.3, -0.25) is 4.79 Å². The molecule has 64 valence electrons.